The van der Waals surface area contributed by atoms with Gasteiger partial charge >= 0.3 is 5.97 Å². The fourth-order valence-corrected chi connectivity index (χ4v) is 4.39. The Morgan fingerprint density at radius 1 is 1.20 bits per heavy atom. The van der Waals surface area contributed by atoms with E-state index < -0.39 is 21.9 Å². The molecule has 3 rings (SSSR count). The molecule has 0 spiro atoms. The van der Waals surface area contributed by atoms with Gasteiger partial charge in [0.25, 0.3) is 5.91 Å². The number of hydrogen-bond donors (Lipinski definition) is 2. The van der Waals surface area contributed by atoms with Gasteiger partial charge in [0, 0.05) is 31.5 Å². The molecular weight excluding hydrogens is 428 g/mol. The predicted octanol–water partition coefficient (Wildman–Crippen LogP) is 2.67. The molecule has 1 amide bonds. The molecule has 1 heterocycles. The van der Waals surface area contributed by atoms with Crippen molar-refractivity contribution < 1.29 is 22.7 Å². The van der Waals surface area contributed by atoms with E-state index in [1.54, 1.807) is 18.2 Å². The Morgan fingerprint density at radius 3 is 2.60 bits per heavy atom. The maximum Gasteiger partial charge on any atom is 0.308 e. The first-order valence-electron chi connectivity index (χ1n) is 8.65. The summed E-state index contributed by atoms with van der Waals surface area (Å²) in [4.78, 5) is 27.8. The van der Waals surface area contributed by atoms with Crippen molar-refractivity contribution in [3.8, 4) is 11.8 Å². The van der Waals surface area contributed by atoms with Gasteiger partial charge in [0.2, 0.25) is 10.0 Å². The van der Waals surface area contributed by atoms with Crippen LogP contribution in [0.4, 0.5) is 5.13 Å². The highest BCUT2D eigenvalue weighted by Crippen LogP contribution is 2.29. The van der Waals surface area contributed by atoms with Crippen molar-refractivity contribution in [1.29, 1.82) is 5.26 Å². The highest BCUT2D eigenvalue weighted by Gasteiger charge is 2.15. The number of aromatic nitrogens is 1. The van der Waals surface area contributed by atoms with Crippen LogP contribution in [0.25, 0.3) is 10.2 Å². The number of benzene rings is 2. The lowest BCUT2D eigenvalue weighted by atomic mass is 10.2. The van der Waals surface area contributed by atoms with Gasteiger partial charge < -0.3 is 4.74 Å². The summed E-state index contributed by atoms with van der Waals surface area (Å²) in [6, 6.07) is 12.2. The van der Waals surface area contributed by atoms with Gasteiger partial charge in [0.1, 0.15) is 5.75 Å². The molecule has 0 aliphatic carbocycles. The molecule has 0 saturated carbocycles. The van der Waals surface area contributed by atoms with Gasteiger partial charge in [-0.25, -0.2) is 18.1 Å². The minimum atomic E-state index is -3.74. The van der Waals surface area contributed by atoms with E-state index in [2.05, 4.69) is 15.0 Å². The SMILES string of the molecule is CC(=O)Oc1ccc2nc(NC(=O)c3ccc(S(=O)(=O)NCCC#N)cc3)sc2c1. The summed E-state index contributed by atoms with van der Waals surface area (Å²) in [6.07, 6.45) is 0.0598. The fraction of sp³-hybridized carbons (Fsp3) is 0.158. The number of sulfonamides is 1. The van der Waals surface area contributed by atoms with Crippen LogP contribution >= 0.6 is 11.3 Å². The van der Waals surface area contributed by atoms with Crippen LogP contribution in [-0.2, 0) is 14.8 Å². The van der Waals surface area contributed by atoms with Gasteiger partial charge in [0.05, 0.1) is 21.2 Å². The van der Waals surface area contributed by atoms with Crippen molar-refractivity contribution in [1.82, 2.24) is 9.71 Å². The van der Waals surface area contributed by atoms with Gasteiger partial charge in [-0.05, 0) is 36.4 Å². The molecule has 0 fully saturated rings. The van der Waals surface area contributed by atoms with E-state index in [1.165, 1.54) is 42.5 Å². The third-order valence-corrected chi connectivity index (χ3v) is 6.21. The third kappa shape index (κ3) is 5.18. The molecule has 0 unspecified atom stereocenters. The number of rotatable bonds is 7. The Labute approximate surface area is 176 Å². The minimum absolute atomic E-state index is 0.00465. The number of nitrogens with zero attached hydrogens (tertiary/aromatic N) is 2. The molecule has 0 bridgehead atoms. The number of thiazole rings is 1. The first-order chi connectivity index (χ1) is 14.3. The summed E-state index contributed by atoms with van der Waals surface area (Å²) < 4.78 is 32.3. The van der Waals surface area contributed by atoms with Crippen LogP contribution in [-0.4, -0.2) is 31.8 Å². The number of ether oxygens (including phenoxy) is 1. The highest BCUT2D eigenvalue weighted by molar-refractivity contribution is 7.89. The maximum atomic E-state index is 12.5. The zero-order valence-corrected chi connectivity index (χ0v) is 17.3. The molecule has 0 radical (unpaired) electrons. The van der Waals surface area contributed by atoms with Crippen LogP contribution in [0.1, 0.15) is 23.7 Å². The second kappa shape index (κ2) is 9.00. The maximum absolute atomic E-state index is 12.5. The van der Waals surface area contributed by atoms with E-state index >= 15 is 0 Å². The number of carbonyl (C=O) groups is 2. The van der Waals surface area contributed by atoms with E-state index in [4.69, 9.17) is 10.00 Å². The van der Waals surface area contributed by atoms with Gasteiger partial charge in [-0.1, -0.05) is 11.3 Å². The molecular formula is C19H16N4O5S2. The molecule has 0 atom stereocenters. The smallest absolute Gasteiger partial charge is 0.308 e. The van der Waals surface area contributed by atoms with E-state index in [9.17, 15) is 18.0 Å². The number of hydrogen-bond acceptors (Lipinski definition) is 8. The van der Waals surface area contributed by atoms with Crippen LogP contribution in [0.3, 0.4) is 0 Å². The molecule has 2 aromatic carbocycles. The summed E-state index contributed by atoms with van der Waals surface area (Å²) >= 11 is 1.21. The van der Waals surface area contributed by atoms with Crippen LogP contribution in [0, 0.1) is 11.3 Å². The summed E-state index contributed by atoms with van der Waals surface area (Å²) in [7, 11) is -3.74. The summed E-state index contributed by atoms with van der Waals surface area (Å²) in [5.74, 6) is -0.495. The van der Waals surface area contributed by atoms with Gasteiger partial charge in [-0.3, -0.25) is 14.9 Å². The lowest BCUT2D eigenvalue weighted by Gasteiger charge is -2.06. The average Bonchev–Trinajstić information content (AvgIpc) is 3.09. The minimum Gasteiger partial charge on any atom is -0.427 e. The van der Waals surface area contributed by atoms with Crippen molar-refractivity contribution in [3.05, 3.63) is 48.0 Å². The van der Waals surface area contributed by atoms with E-state index in [0.717, 1.165) is 4.70 Å². The van der Waals surface area contributed by atoms with Crippen molar-refractivity contribution in [2.45, 2.75) is 18.2 Å². The fourth-order valence-electron chi connectivity index (χ4n) is 2.47. The number of nitrogens with one attached hydrogen (secondary N) is 2. The molecule has 154 valence electrons. The molecule has 0 aliphatic heterocycles. The van der Waals surface area contributed by atoms with Crippen LogP contribution in [0.2, 0.25) is 0 Å². The van der Waals surface area contributed by atoms with Crippen LogP contribution in [0.15, 0.2) is 47.4 Å². The first-order valence-corrected chi connectivity index (χ1v) is 11.0. The Morgan fingerprint density at radius 2 is 1.93 bits per heavy atom. The largest absolute Gasteiger partial charge is 0.427 e. The van der Waals surface area contributed by atoms with Gasteiger partial charge in [-0.15, -0.1) is 0 Å². The van der Waals surface area contributed by atoms with Crippen molar-refractivity contribution in [3.63, 3.8) is 0 Å². The highest BCUT2D eigenvalue weighted by atomic mass is 32.2. The number of amides is 1. The topological polar surface area (TPSA) is 138 Å². The number of fused-ring (bicyclic) bond motifs is 1. The summed E-state index contributed by atoms with van der Waals surface area (Å²) in [5, 5.41) is 11.5. The second-order valence-electron chi connectivity index (χ2n) is 6.03. The normalized spacial score (nSPS) is 11.1. The van der Waals surface area contributed by atoms with Crippen LogP contribution in [0.5, 0.6) is 5.75 Å². The Balaban J connectivity index is 1.71. The average molecular weight is 444 g/mol. The monoisotopic (exact) mass is 444 g/mol. The first kappa shape index (κ1) is 21.4. The lowest BCUT2D eigenvalue weighted by molar-refractivity contribution is -0.131. The number of esters is 1. The Kier molecular flexibility index (Phi) is 6.41. The van der Waals surface area contributed by atoms with Crippen molar-refractivity contribution in [2.75, 3.05) is 11.9 Å². The Bertz CT molecular complexity index is 1240. The standard InChI is InChI=1S/C19H16N4O5S2/c1-12(24)28-14-5-8-16-17(11-14)29-19(22-16)23-18(25)13-3-6-15(7-4-13)30(26,27)21-10-2-9-20/h3-8,11,21H,2,10H2,1H3,(H,22,23,25). The molecule has 3 aromatic rings. The van der Waals surface area contributed by atoms with Crippen molar-refractivity contribution in [2.24, 2.45) is 0 Å². The zero-order chi connectivity index (χ0) is 21.7. The molecule has 30 heavy (non-hydrogen) atoms. The quantitative estimate of drug-likeness (QED) is 0.324. The number of carbonyl (C=O) groups excluding carboxylic acids is 2. The summed E-state index contributed by atoms with van der Waals surface area (Å²) in [6.45, 7) is 1.32. The number of nitriles is 1. The predicted molar refractivity (Wildman–Crippen MR) is 111 cm³/mol. The Hall–Kier alpha value is -3.33. The summed E-state index contributed by atoms with van der Waals surface area (Å²) in [5.41, 5.74) is 0.891. The number of anilines is 1. The van der Waals surface area contributed by atoms with Gasteiger partial charge in [-0.2, -0.15) is 5.26 Å². The zero-order valence-electron chi connectivity index (χ0n) is 15.7. The second-order valence-corrected chi connectivity index (χ2v) is 8.82. The molecule has 9 nitrogen and oxygen atoms in total. The van der Waals surface area contributed by atoms with E-state index in [1.807, 2.05) is 6.07 Å². The molecule has 0 aliphatic rings. The van der Waals surface area contributed by atoms with E-state index in [0.29, 0.717) is 16.4 Å². The van der Waals surface area contributed by atoms with Gasteiger partial charge in [0.15, 0.2) is 5.13 Å². The molecule has 11 heteroatoms. The van der Waals surface area contributed by atoms with Crippen molar-refractivity contribution >= 4 is 48.6 Å². The molecule has 1 aromatic heterocycles. The van der Waals surface area contributed by atoms with E-state index in [-0.39, 0.29) is 23.4 Å². The molecule has 0 saturated heterocycles. The van der Waals surface area contributed by atoms with Crippen LogP contribution < -0.4 is 14.8 Å². The lowest BCUT2D eigenvalue weighted by Crippen LogP contribution is -2.24. The third-order valence-electron chi connectivity index (χ3n) is 3.80. The molecule has 2 N–H and O–H groups in total.